The van der Waals surface area contributed by atoms with Gasteiger partial charge >= 0.3 is 0 Å². The molecule has 0 saturated heterocycles. The van der Waals surface area contributed by atoms with Crippen LogP contribution < -0.4 is 0 Å². The quantitative estimate of drug-likeness (QED) is 0.866. The third-order valence-electron chi connectivity index (χ3n) is 2.55. The summed E-state index contributed by atoms with van der Waals surface area (Å²) in [6.07, 6.45) is 1.35. The summed E-state index contributed by atoms with van der Waals surface area (Å²) in [5.74, 6) is -0.487. The Bertz CT molecular complexity index is 564. The molecule has 1 heterocycles. The Hall–Kier alpha value is -0.970. The van der Waals surface area contributed by atoms with Crippen LogP contribution in [0.15, 0.2) is 41.1 Å². The number of rotatable bonds is 3. The van der Waals surface area contributed by atoms with E-state index in [1.165, 1.54) is 18.2 Å². The molecule has 1 aromatic heterocycles. The minimum absolute atomic E-state index is 0.0162. The molecule has 0 bridgehead atoms. The lowest BCUT2D eigenvalue weighted by Gasteiger charge is -2.11. The molecule has 2 rings (SSSR count). The lowest BCUT2D eigenvalue weighted by molar-refractivity contribution is 0.178. The van der Waals surface area contributed by atoms with E-state index in [9.17, 15) is 9.50 Å². The van der Waals surface area contributed by atoms with Gasteiger partial charge in [-0.05, 0) is 51.3 Å². The van der Waals surface area contributed by atoms with Gasteiger partial charge in [0.1, 0.15) is 10.4 Å². The highest BCUT2D eigenvalue weighted by Crippen LogP contribution is 2.24. The highest BCUT2D eigenvalue weighted by Gasteiger charge is 2.11. The van der Waals surface area contributed by atoms with Crippen LogP contribution in [0.25, 0.3) is 0 Å². The molecule has 1 unspecified atom stereocenters. The second-order valence-corrected chi connectivity index (χ2v) is 5.10. The number of hydrogen-bond donors (Lipinski definition) is 1. The monoisotopic (exact) mass is 329 g/mol. The number of aliphatic hydroxyl groups excluding tert-OH is 1. The second-order valence-electron chi connectivity index (χ2n) is 3.88. The summed E-state index contributed by atoms with van der Waals surface area (Å²) in [7, 11) is 0. The molecule has 1 N–H and O–H groups in total. The van der Waals surface area contributed by atoms with Gasteiger partial charge in [0.2, 0.25) is 0 Å². The summed E-state index contributed by atoms with van der Waals surface area (Å²) in [5.41, 5.74) is 1.53. The van der Waals surface area contributed by atoms with Crippen molar-refractivity contribution in [3.63, 3.8) is 0 Å². The van der Waals surface area contributed by atoms with E-state index in [-0.39, 0.29) is 5.02 Å². The Morgan fingerprint density at radius 2 is 2.11 bits per heavy atom. The largest absolute Gasteiger partial charge is 0.388 e. The number of hydrogen-bond acceptors (Lipinski definition) is 2. The lowest BCUT2D eigenvalue weighted by atomic mass is 10.0. The number of halogens is 3. The fourth-order valence-electron chi connectivity index (χ4n) is 1.63. The third-order valence-corrected chi connectivity index (χ3v) is 3.27. The van der Waals surface area contributed by atoms with Crippen LogP contribution in [0.1, 0.15) is 17.2 Å². The number of pyridine rings is 1. The van der Waals surface area contributed by atoms with Crippen LogP contribution in [0, 0.1) is 5.82 Å². The zero-order valence-corrected chi connectivity index (χ0v) is 11.6. The van der Waals surface area contributed by atoms with Crippen LogP contribution in [0.5, 0.6) is 0 Å². The normalized spacial score (nSPS) is 12.4. The van der Waals surface area contributed by atoms with Gasteiger partial charge in [-0.25, -0.2) is 9.37 Å². The average molecular weight is 331 g/mol. The molecule has 0 aliphatic rings. The SMILES string of the molecule is OC(Cc1ccnc(Br)c1)c1ccc(F)c(Cl)c1. The molecule has 1 atom stereocenters. The van der Waals surface area contributed by atoms with E-state index >= 15 is 0 Å². The Kier molecular flexibility index (Phi) is 4.32. The molecule has 2 aromatic rings. The Morgan fingerprint density at radius 3 is 2.78 bits per heavy atom. The van der Waals surface area contributed by atoms with E-state index in [0.29, 0.717) is 16.6 Å². The van der Waals surface area contributed by atoms with Crippen molar-refractivity contribution >= 4 is 27.5 Å². The molecule has 0 radical (unpaired) electrons. The first-order chi connectivity index (χ1) is 8.56. The van der Waals surface area contributed by atoms with Crippen molar-refractivity contribution in [2.75, 3.05) is 0 Å². The molecule has 94 valence electrons. The van der Waals surface area contributed by atoms with Gasteiger partial charge in [-0.15, -0.1) is 0 Å². The van der Waals surface area contributed by atoms with E-state index < -0.39 is 11.9 Å². The maximum Gasteiger partial charge on any atom is 0.141 e. The first-order valence-electron chi connectivity index (χ1n) is 5.29. The van der Waals surface area contributed by atoms with Crippen molar-refractivity contribution in [3.8, 4) is 0 Å². The van der Waals surface area contributed by atoms with E-state index in [4.69, 9.17) is 11.6 Å². The van der Waals surface area contributed by atoms with E-state index in [2.05, 4.69) is 20.9 Å². The fraction of sp³-hybridized carbons (Fsp3) is 0.154. The second kappa shape index (κ2) is 5.78. The predicted molar refractivity (Wildman–Crippen MR) is 72.0 cm³/mol. The minimum atomic E-state index is -0.725. The van der Waals surface area contributed by atoms with Gasteiger partial charge in [0.05, 0.1) is 11.1 Å². The number of benzene rings is 1. The molecule has 0 aliphatic heterocycles. The van der Waals surface area contributed by atoms with Crippen LogP contribution in [-0.2, 0) is 6.42 Å². The number of aliphatic hydroxyl groups is 1. The summed E-state index contributed by atoms with van der Waals surface area (Å²) in [6.45, 7) is 0. The predicted octanol–water partition coefficient (Wildman–Crippen LogP) is 3.91. The number of nitrogens with zero attached hydrogens (tertiary/aromatic N) is 1. The number of aromatic nitrogens is 1. The summed E-state index contributed by atoms with van der Waals surface area (Å²) in [6, 6.07) is 7.87. The van der Waals surface area contributed by atoms with Gasteiger partial charge in [-0.3, -0.25) is 0 Å². The van der Waals surface area contributed by atoms with Crippen LogP contribution >= 0.6 is 27.5 Å². The van der Waals surface area contributed by atoms with Crippen molar-refractivity contribution in [1.29, 1.82) is 0 Å². The average Bonchev–Trinajstić information content (AvgIpc) is 2.32. The van der Waals surface area contributed by atoms with Gasteiger partial charge in [0.25, 0.3) is 0 Å². The minimum Gasteiger partial charge on any atom is -0.388 e. The van der Waals surface area contributed by atoms with Crippen LogP contribution in [0.2, 0.25) is 5.02 Å². The molecular weight excluding hydrogens is 321 g/mol. The molecule has 0 fully saturated rings. The summed E-state index contributed by atoms with van der Waals surface area (Å²) < 4.78 is 13.7. The van der Waals surface area contributed by atoms with Crippen LogP contribution in [0.4, 0.5) is 4.39 Å². The molecule has 5 heteroatoms. The molecular formula is C13H10BrClFNO. The smallest absolute Gasteiger partial charge is 0.141 e. The van der Waals surface area contributed by atoms with E-state index in [1.54, 1.807) is 6.20 Å². The Balaban J connectivity index is 2.16. The summed E-state index contributed by atoms with van der Waals surface area (Å²) in [4.78, 5) is 4.01. The summed E-state index contributed by atoms with van der Waals surface area (Å²) >= 11 is 8.95. The standard InChI is InChI=1S/C13H10BrClFNO/c14-13-6-8(3-4-17-13)5-12(18)9-1-2-11(16)10(15)7-9/h1-4,6-7,12,18H,5H2. The molecule has 18 heavy (non-hydrogen) atoms. The van der Waals surface area contributed by atoms with Gasteiger partial charge in [0, 0.05) is 12.6 Å². The highest BCUT2D eigenvalue weighted by molar-refractivity contribution is 9.10. The van der Waals surface area contributed by atoms with Crippen molar-refractivity contribution in [1.82, 2.24) is 4.98 Å². The topological polar surface area (TPSA) is 33.1 Å². The Labute approximate surface area is 118 Å². The fourth-order valence-corrected chi connectivity index (χ4v) is 2.23. The molecule has 1 aromatic carbocycles. The zero-order valence-electron chi connectivity index (χ0n) is 9.28. The maximum absolute atomic E-state index is 13.0. The first-order valence-corrected chi connectivity index (χ1v) is 6.47. The highest BCUT2D eigenvalue weighted by atomic mass is 79.9. The first kappa shape index (κ1) is 13.5. The van der Waals surface area contributed by atoms with Crippen molar-refractivity contribution in [2.45, 2.75) is 12.5 Å². The molecule has 0 saturated carbocycles. The van der Waals surface area contributed by atoms with E-state index in [1.807, 2.05) is 12.1 Å². The van der Waals surface area contributed by atoms with Gasteiger partial charge in [-0.2, -0.15) is 0 Å². The van der Waals surface area contributed by atoms with E-state index in [0.717, 1.165) is 5.56 Å². The van der Waals surface area contributed by atoms with Gasteiger partial charge < -0.3 is 5.11 Å². The molecule has 2 nitrogen and oxygen atoms in total. The third kappa shape index (κ3) is 3.28. The summed E-state index contributed by atoms with van der Waals surface area (Å²) in [5, 5.41) is 10.1. The maximum atomic E-state index is 13.0. The van der Waals surface area contributed by atoms with Crippen molar-refractivity contribution < 1.29 is 9.50 Å². The Morgan fingerprint density at radius 1 is 1.33 bits per heavy atom. The van der Waals surface area contributed by atoms with Crippen molar-refractivity contribution in [2.24, 2.45) is 0 Å². The van der Waals surface area contributed by atoms with Crippen molar-refractivity contribution in [3.05, 3.63) is 63.1 Å². The molecule has 0 amide bonds. The van der Waals surface area contributed by atoms with Gasteiger partial charge in [0.15, 0.2) is 0 Å². The van der Waals surface area contributed by atoms with Crippen LogP contribution in [-0.4, -0.2) is 10.1 Å². The lowest BCUT2D eigenvalue weighted by Crippen LogP contribution is -2.02. The van der Waals surface area contributed by atoms with Gasteiger partial charge in [-0.1, -0.05) is 17.7 Å². The molecule has 0 aliphatic carbocycles. The molecule has 0 spiro atoms. The van der Waals surface area contributed by atoms with Crippen LogP contribution in [0.3, 0.4) is 0 Å². The zero-order chi connectivity index (χ0) is 13.1.